The van der Waals surface area contributed by atoms with E-state index in [0.717, 1.165) is 17.9 Å². The first kappa shape index (κ1) is 21.6. The van der Waals surface area contributed by atoms with Gasteiger partial charge in [0.1, 0.15) is 18.1 Å². The van der Waals surface area contributed by atoms with Gasteiger partial charge in [0.2, 0.25) is 5.91 Å². The van der Waals surface area contributed by atoms with E-state index in [1.54, 1.807) is 6.07 Å². The van der Waals surface area contributed by atoms with Gasteiger partial charge >= 0.3 is 0 Å². The highest BCUT2D eigenvalue weighted by atomic mass is 16.5. The minimum Gasteiger partial charge on any atom is -0.491 e. The summed E-state index contributed by atoms with van der Waals surface area (Å²) >= 11 is 0. The van der Waals surface area contributed by atoms with Gasteiger partial charge < -0.3 is 24.8 Å². The lowest BCUT2D eigenvalue weighted by atomic mass is 10.2. The predicted molar refractivity (Wildman–Crippen MR) is 112 cm³/mol. The Balaban J connectivity index is 1.81. The largest absolute Gasteiger partial charge is 0.491 e. The number of ether oxygens (including phenoxy) is 3. The highest BCUT2D eigenvalue weighted by Gasteiger charge is 2.06. The summed E-state index contributed by atoms with van der Waals surface area (Å²) in [4.78, 5) is 12.2. The van der Waals surface area contributed by atoms with E-state index >= 15 is 0 Å². The molecule has 1 unspecified atom stereocenters. The molecule has 2 aromatic rings. The molecule has 2 N–H and O–H groups in total. The third kappa shape index (κ3) is 7.88. The fourth-order valence-corrected chi connectivity index (χ4v) is 2.41. The summed E-state index contributed by atoms with van der Waals surface area (Å²) in [7, 11) is 0. The van der Waals surface area contributed by atoms with Crippen molar-refractivity contribution in [3.8, 4) is 11.5 Å². The molecule has 2 aromatic carbocycles. The molecule has 0 aliphatic carbocycles. The van der Waals surface area contributed by atoms with Crippen molar-refractivity contribution >= 4 is 17.3 Å². The third-order valence-electron chi connectivity index (χ3n) is 4.02. The summed E-state index contributed by atoms with van der Waals surface area (Å²) in [6.45, 7) is 7.89. The lowest BCUT2D eigenvalue weighted by Gasteiger charge is -2.14. The Morgan fingerprint density at radius 2 is 1.71 bits per heavy atom. The summed E-state index contributed by atoms with van der Waals surface area (Å²) in [5.74, 6) is 1.34. The zero-order valence-electron chi connectivity index (χ0n) is 16.9. The minimum absolute atomic E-state index is 0.139. The van der Waals surface area contributed by atoms with Gasteiger partial charge in [0, 0.05) is 30.1 Å². The third-order valence-corrected chi connectivity index (χ3v) is 4.02. The normalized spacial score (nSPS) is 11.5. The van der Waals surface area contributed by atoms with E-state index in [0.29, 0.717) is 31.3 Å². The molecule has 0 aliphatic rings. The van der Waals surface area contributed by atoms with E-state index in [4.69, 9.17) is 14.2 Å². The zero-order valence-corrected chi connectivity index (χ0v) is 16.9. The van der Waals surface area contributed by atoms with Crippen LogP contribution in [0.1, 0.15) is 27.2 Å². The molecule has 0 aliphatic heterocycles. The Kier molecular flexibility index (Phi) is 9.15. The molecule has 152 valence electrons. The molecule has 0 fully saturated rings. The van der Waals surface area contributed by atoms with E-state index in [1.165, 1.54) is 0 Å². The van der Waals surface area contributed by atoms with Crippen LogP contribution in [0.15, 0.2) is 48.5 Å². The standard InChI is InChI=1S/C22H30N2O4/c1-4-17(3)28-21-11-6-8-18(14-21)23-16-22(25)24-19-9-7-10-20(15-19)27-13-12-26-5-2/h6-11,14-15,17,23H,4-5,12-13,16H2,1-3H3,(H,24,25). The zero-order chi connectivity index (χ0) is 20.2. The van der Waals surface area contributed by atoms with E-state index in [2.05, 4.69) is 17.6 Å². The summed E-state index contributed by atoms with van der Waals surface area (Å²) in [6.07, 6.45) is 1.09. The molecule has 0 saturated carbocycles. The Bertz CT molecular complexity index is 736. The number of rotatable bonds is 12. The number of benzene rings is 2. The van der Waals surface area contributed by atoms with Crippen molar-refractivity contribution in [3.05, 3.63) is 48.5 Å². The molecular formula is C22H30N2O4. The number of carbonyl (C=O) groups excluding carboxylic acids is 1. The van der Waals surface area contributed by atoms with E-state index in [1.807, 2.05) is 56.3 Å². The molecule has 6 heteroatoms. The van der Waals surface area contributed by atoms with Gasteiger partial charge in [0.25, 0.3) is 0 Å². The van der Waals surface area contributed by atoms with Crippen LogP contribution in [-0.2, 0) is 9.53 Å². The van der Waals surface area contributed by atoms with Gasteiger partial charge in [-0.15, -0.1) is 0 Å². The van der Waals surface area contributed by atoms with Crippen LogP contribution in [-0.4, -0.2) is 38.4 Å². The molecule has 0 aromatic heterocycles. The maximum Gasteiger partial charge on any atom is 0.243 e. The molecule has 1 amide bonds. The molecule has 2 rings (SSSR count). The monoisotopic (exact) mass is 386 g/mol. The summed E-state index contributed by atoms with van der Waals surface area (Å²) < 4.78 is 16.7. The van der Waals surface area contributed by atoms with Crippen LogP contribution in [0, 0.1) is 0 Å². The lowest BCUT2D eigenvalue weighted by molar-refractivity contribution is -0.114. The Morgan fingerprint density at radius 3 is 2.46 bits per heavy atom. The molecule has 0 radical (unpaired) electrons. The second-order valence-electron chi connectivity index (χ2n) is 6.34. The second kappa shape index (κ2) is 11.9. The summed E-state index contributed by atoms with van der Waals surface area (Å²) in [5.41, 5.74) is 1.53. The van der Waals surface area contributed by atoms with Gasteiger partial charge in [-0.2, -0.15) is 0 Å². The molecule has 0 bridgehead atoms. The SMILES string of the molecule is CCOCCOc1cccc(NC(=O)CNc2cccc(OC(C)CC)c2)c1. The van der Waals surface area contributed by atoms with Crippen molar-refractivity contribution in [3.63, 3.8) is 0 Å². The summed E-state index contributed by atoms with van der Waals surface area (Å²) in [5, 5.41) is 5.99. The Labute approximate surface area is 167 Å². The fourth-order valence-electron chi connectivity index (χ4n) is 2.41. The number of amides is 1. The van der Waals surface area contributed by atoms with Crippen molar-refractivity contribution in [1.82, 2.24) is 0 Å². The average molecular weight is 386 g/mol. The van der Waals surface area contributed by atoms with Crippen LogP contribution in [0.3, 0.4) is 0 Å². The number of anilines is 2. The maximum absolute atomic E-state index is 12.2. The van der Waals surface area contributed by atoms with Gasteiger partial charge in [-0.25, -0.2) is 0 Å². The second-order valence-corrected chi connectivity index (χ2v) is 6.34. The van der Waals surface area contributed by atoms with Crippen LogP contribution >= 0.6 is 0 Å². The first-order valence-electron chi connectivity index (χ1n) is 9.71. The van der Waals surface area contributed by atoms with Crippen molar-refractivity contribution in [2.24, 2.45) is 0 Å². The lowest BCUT2D eigenvalue weighted by Crippen LogP contribution is -2.21. The van der Waals surface area contributed by atoms with Gasteiger partial charge in [0.05, 0.1) is 19.3 Å². The molecule has 28 heavy (non-hydrogen) atoms. The highest BCUT2D eigenvalue weighted by Crippen LogP contribution is 2.20. The summed E-state index contributed by atoms with van der Waals surface area (Å²) in [6, 6.07) is 14.9. The first-order valence-corrected chi connectivity index (χ1v) is 9.71. The first-order chi connectivity index (χ1) is 13.6. The smallest absolute Gasteiger partial charge is 0.243 e. The molecule has 0 spiro atoms. The Morgan fingerprint density at radius 1 is 1.00 bits per heavy atom. The molecule has 6 nitrogen and oxygen atoms in total. The van der Waals surface area contributed by atoms with Gasteiger partial charge in [-0.3, -0.25) is 4.79 Å². The number of hydrogen-bond donors (Lipinski definition) is 2. The number of hydrogen-bond acceptors (Lipinski definition) is 5. The maximum atomic E-state index is 12.2. The van der Waals surface area contributed by atoms with Gasteiger partial charge in [-0.05, 0) is 44.5 Å². The quantitative estimate of drug-likeness (QED) is 0.532. The van der Waals surface area contributed by atoms with Crippen LogP contribution in [0.25, 0.3) is 0 Å². The van der Waals surface area contributed by atoms with Gasteiger partial charge in [-0.1, -0.05) is 19.1 Å². The van der Waals surface area contributed by atoms with Crippen molar-refractivity contribution in [2.75, 3.05) is 37.0 Å². The van der Waals surface area contributed by atoms with E-state index < -0.39 is 0 Å². The predicted octanol–water partition coefficient (Wildman–Crippen LogP) is 4.33. The molecule has 0 heterocycles. The van der Waals surface area contributed by atoms with Crippen molar-refractivity contribution in [2.45, 2.75) is 33.3 Å². The fraction of sp³-hybridized carbons (Fsp3) is 0.409. The number of carbonyl (C=O) groups is 1. The number of nitrogens with one attached hydrogen (secondary N) is 2. The molecule has 0 saturated heterocycles. The van der Waals surface area contributed by atoms with Crippen LogP contribution in [0.5, 0.6) is 11.5 Å². The molecule has 1 atom stereocenters. The van der Waals surface area contributed by atoms with Crippen LogP contribution < -0.4 is 20.1 Å². The van der Waals surface area contributed by atoms with Crippen molar-refractivity contribution < 1.29 is 19.0 Å². The van der Waals surface area contributed by atoms with Crippen LogP contribution in [0.2, 0.25) is 0 Å². The van der Waals surface area contributed by atoms with Crippen molar-refractivity contribution in [1.29, 1.82) is 0 Å². The minimum atomic E-state index is -0.139. The highest BCUT2D eigenvalue weighted by molar-refractivity contribution is 5.93. The average Bonchev–Trinajstić information content (AvgIpc) is 2.70. The topological polar surface area (TPSA) is 68.8 Å². The van der Waals surface area contributed by atoms with Gasteiger partial charge in [0.15, 0.2) is 0 Å². The van der Waals surface area contributed by atoms with E-state index in [-0.39, 0.29) is 18.6 Å². The van der Waals surface area contributed by atoms with Crippen LogP contribution in [0.4, 0.5) is 11.4 Å². The Hall–Kier alpha value is -2.73. The van der Waals surface area contributed by atoms with E-state index in [9.17, 15) is 4.79 Å². The molecular weight excluding hydrogens is 356 g/mol.